The van der Waals surface area contributed by atoms with Crippen molar-refractivity contribution in [3.63, 3.8) is 0 Å². The molecule has 8 heteroatoms. The molecule has 0 aromatic carbocycles. The van der Waals surface area contributed by atoms with Crippen LogP contribution in [-0.2, 0) is 20.1 Å². The van der Waals surface area contributed by atoms with Crippen molar-refractivity contribution in [1.82, 2.24) is 18.7 Å². The standard InChI is InChI=1S/C20H28N6O2/c1-5-6-11-26-18(27)16-17(23(4)20(26)28)22-19(25(16)12-9-14(2)3)24-10-7-8-15(21)13-24/h1,9,15H,6-8,10-13,21H2,2-4H3. The minimum absolute atomic E-state index is 0.0709. The van der Waals surface area contributed by atoms with Crippen molar-refractivity contribution in [1.29, 1.82) is 0 Å². The third-order valence-corrected chi connectivity index (χ3v) is 5.11. The highest BCUT2D eigenvalue weighted by molar-refractivity contribution is 5.74. The lowest BCUT2D eigenvalue weighted by atomic mass is 10.1. The van der Waals surface area contributed by atoms with Gasteiger partial charge in [-0.3, -0.25) is 13.9 Å². The smallest absolute Gasteiger partial charge is 0.332 e. The van der Waals surface area contributed by atoms with Gasteiger partial charge in [-0.05, 0) is 26.7 Å². The quantitative estimate of drug-likeness (QED) is 0.609. The zero-order valence-corrected chi connectivity index (χ0v) is 16.8. The van der Waals surface area contributed by atoms with E-state index < -0.39 is 5.69 Å². The van der Waals surface area contributed by atoms with Gasteiger partial charge >= 0.3 is 5.69 Å². The van der Waals surface area contributed by atoms with E-state index in [1.165, 1.54) is 9.13 Å². The highest BCUT2D eigenvalue weighted by Crippen LogP contribution is 2.23. The van der Waals surface area contributed by atoms with E-state index in [4.69, 9.17) is 17.1 Å². The first-order valence-electron chi connectivity index (χ1n) is 9.62. The number of hydrogen-bond donors (Lipinski definition) is 1. The molecule has 150 valence electrons. The molecule has 1 atom stereocenters. The molecule has 0 amide bonds. The average molecular weight is 384 g/mol. The third kappa shape index (κ3) is 3.62. The molecule has 2 aromatic heterocycles. The number of anilines is 1. The highest BCUT2D eigenvalue weighted by Gasteiger charge is 2.25. The van der Waals surface area contributed by atoms with E-state index in [2.05, 4.69) is 10.8 Å². The molecule has 0 saturated carbocycles. The van der Waals surface area contributed by atoms with Gasteiger partial charge in [0.2, 0.25) is 5.95 Å². The monoisotopic (exact) mass is 384 g/mol. The summed E-state index contributed by atoms with van der Waals surface area (Å²) in [4.78, 5) is 32.7. The number of aromatic nitrogens is 4. The zero-order chi connectivity index (χ0) is 20.4. The SMILES string of the molecule is C#CCCn1c(=O)c2c(nc(N3CCCC(N)C3)n2CC=C(C)C)n(C)c1=O. The molecule has 0 spiro atoms. The predicted octanol–water partition coefficient (Wildman–Crippen LogP) is 0.814. The lowest BCUT2D eigenvalue weighted by Gasteiger charge is -2.31. The van der Waals surface area contributed by atoms with E-state index in [9.17, 15) is 9.59 Å². The largest absolute Gasteiger partial charge is 0.341 e. The Morgan fingerprint density at radius 3 is 2.75 bits per heavy atom. The van der Waals surface area contributed by atoms with Crippen LogP contribution in [0.3, 0.4) is 0 Å². The summed E-state index contributed by atoms with van der Waals surface area (Å²) in [6, 6.07) is 0.0709. The van der Waals surface area contributed by atoms with Crippen LogP contribution in [0.5, 0.6) is 0 Å². The van der Waals surface area contributed by atoms with E-state index in [-0.39, 0.29) is 18.1 Å². The number of nitrogens with two attached hydrogens (primary N) is 1. The molecule has 1 unspecified atom stereocenters. The van der Waals surface area contributed by atoms with Crippen molar-refractivity contribution < 1.29 is 0 Å². The maximum absolute atomic E-state index is 13.2. The number of aryl methyl sites for hydroxylation is 1. The lowest BCUT2D eigenvalue weighted by molar-refractivity contribution is 0.495. The van der Waals surface area contributed by atoms with E-state index in [0.29, 0.717) is 36.6 Å². The van der Waals surface area contributed by atoms with Crippen molar-refractivity contribution in [3.05, 3.63) is 32.5 Å². The molecule has 3 heterocycles. The molecule has 2 N–H and O–H groups in total. The second kappa shape index (κ2) is 8.07. The van der Waals surface area contributed by atoms with Crippen LogP contribution < -0.4 is 21.9 Å². The summed E-state index contributed by atoms with van der Waals surface area (Å²) in [6.45, 7) is 6.22. The Hall–Kier alpha value is -2.79. The van der Waals surface area contributed by atoms with E-state index in [1.54, 1.807) is 7.05 Å². The molecule has 28 heavy (non-hydrogen) atoms. The topological polar surface area (TPSA) is 91.1 Å². The fourth-order valence-electron chi connectivity index (χ4n) is 3.61. The van der Waals surface area contributed by atoms with Gasteiger partial charge in [-0.15, -0.1) is 12.3 Å². The van der Waals surface area contributed by atoms with E-state index in [0.717, 1.165) is 25.0 Å². The van der Waals surface area contributed by atoms with Crippen molar-refractivity contribution >= 4 is 17.1 Å². The van der Waals surface area contributed by atoms with Gasteiger partial charge in [0.1, 0.15) is 0 Å². The van der Waals surface area contributed by atoms with Gasteiger partial charge in [0.05, 0.1) is 0 Å². The first-order chi connectivity index (χ1) is 13.3. The van der Waals surface area contributed by atoms with Crippen molar-refractivity contribution in [2.45, 2.75) is 52.2 Å². The Morgan fingerprint density at radius 2 is 2.11 bits per heavy atom. The molecule has 0 radical (unpaired) electrons. The zero-order valence-electron chi connectivity index (χ0n) is 16.8. The van der Waals surface area contributed by atoms with Gasteiger partial charge in [-0.25, -0.2) is 4.79 Å². The fourth-order valence-corrected chi connectivity index (χ4v) is 3.61. The van der Waals surface area contributed by atoms with Crippen LogP contribution in [0.2, 0.25) is 0 Å². The van der Waals surface area contributed by atoms with Gasteiger partial charge < -0.3 is 15.2 Å². The number of fused-ring (bicyclic) bond motifs is 1. The molecule has 1 aliphatic heterocycles. The molecule has 3 rings (SSSR count). The number of rotatable bonds is 5. The van der Waals surface area contributed by atoms with Crippen LogP contribution >= 0.6 is 0 Å². The molecule has 2 aromatic rings. The van der Waals surface area contributed by atoms with Crippen molar-refractivity contribution in [3.8, 4) is 12.3 Å². The minimum atomic E-state index is -0.401. The summed E-state index contributed by atoms with van der Waals surface area (Å²) in [7, 11) is 1.64. The second-order valence-electron chi connectivity index (χ2n) is 7.58. The summed E-state index contributed by atoms with van der Waals surface area (Å²) in [6.07, 6.45) is 9.64. The second-order valence-corrected chi connectivity index (χ2v) is 7.58. The van der Waals surface area contributed by atoms with Gasteiger partial charge in [0, 0.05) is 45.7 Å². The number of piperidine rings is 1. The summed E-state index contributed by atoms with van der Waals surface area (Å²) < 4.78 is 4.53. The Kier molecular flexibility index (Phi) is 5.75. The van der Waals surface area contributed by atoms with Crippen LogP contribution in [0, 0.1) is 12.3 Å². The molecular weight excluding hydrogens is 356 g/mol. The molecule has 0 bridgehead atoms. The first kappa shape index (κ1) is 20.0. The normalized spacial score (nSPS) is 17.0. The van der Waals surface area contributed by atoms with Crippen LogP contribution in [0.15, 0.2) is 21.2 Å². The Balaban J connectivity index is 2.27. The highest BCUT2D eigenvalue weighted by atomic mass is 16.2. The lowest BCUT2D eigenvalue weighted by Crippen LogP contribution is -2.44. The van der Waals surface area contributed by atoms with Gasteiger partial charge in [0.25, 0.3) is 5.56 Å². The van der Waals surface area contributed by atoms with E-state index in [1.807, 2.05) is 24.5 Å². The maximum atomic E-state index is 13.2. The van der Waals surface area contributed by atoms with Crippen LogP contribution in [-0.4, -0.2) is 37.8 Å². The van der Waals surface area contributed by atoms with Gasteiger partial charge in [-0.1, -0.05) is 11.6 Å². The van der Waals surface area contributed by atoms with Crippen molar-refractivity contribution in [2.75, 3.05) is 18.0 Å². The number of imidazole rings is 1. The summed E-state index contributed by atoms with van der Waals surface area (Å²) in [5.41, 5.74) is 7.36. The van der Waals surface area contributed by atoms with E-state index >= 15 is 0 Å². The molecule has 1 fully saturated rings. The Morgan fingerprint density at radius 1 is 1.36 bits per heavy atom. The number of nitrogens with zero attached hydrogens (tertiary/aromatic N) is 5. The number of hydrogen-bond acceptors (Lipinski definition) is 5. The van der Waals surface area contributed by atoms with Crippen LogP contribution in [0.25, 0.3) is 11.2 Å². The molecule has 1 saturated heterocycles. The van der Waals surface area contributed by atoms with Gasteiger partial charge in [0.15, 0.2) is 11.2 Å². The molecule has 8 nitrogen and oxygen atoms in total. The van der Waals surface area contributed by atoms with Crippen LogP contribution in [0.4, 0.5) is 5.95 Å². The summed E-state index contributed by atoms with van der Waals surface area (Å²) >= 11 is 0. The van der Waals surface area contributed by atoms with Crippen LogP contribution in [0.1, 0.15) is 33.1 Å². The molecule has 0 aliphatic carbocycles. The molecule has 1 aliphatic rings. The fraction of sp³-hybridized carbons (Fsp3) is 0.550. The first-order valence-corrected chi connectivity index (χ1v) is 9.62. The number of terminal acetylenes is 1. The van der Waals surface area contributed by atoms with Crippen molar-refractivity contribution in [2.24, 2.45) is 12.8 Å². The summed E-state index contributed by atoms with van der Waals surface area (Å²) in [5, 5.41) is 0. The Labute approximate surface area is 164 Å². The third-order valence-electron chi connectivity index (χ3n) is 5.11. The average Bonchev–Trinajstić information content (AvgIpc) is 3.04. The number of allylic oxidation sites excluding steroid dienone is 2. The molecular formula is C20H28N6O2. The maximum Gasteiger partial charge on any atom is 0.332 e. The van der Waals surface area contributed by atoms with Gasteiger partial charge in [-0.2, -0.15) is 4.98 Å². The Bertz CT molecular complexity index is 1060. The minimum Gasteiger partial charge on any atom is -0.341 e. The predicted molar refractivity (Wildman–Crippen MR) is 112 cm³/mol. The summed E-state index contributed by atoms with van der Waals surface area (Å²) in [5.74, 6) is 3.18.